The van der Waals surface area contributed by atoms with Crippen LogP contribution < -0.4 is 5.32 Å². The molecule has 1 N–H and O–H groups in total. The molecular weight excluding hydrogens is 224 g/mol. The van der Waals surface area contributed by atoms with Crippen LogP contribution in [0.15, 0.2) is 0 Å². The molecule has 102 valence electrons. The Kier molecular flexibility index (Phi) is 6.82. The van der Waals surface area contributed by atoms with Crippen molar-refractivity contribution in [1.82, 2.24) is 10.2 Å². The van der Waals surface area contributed by atoms with E-state index in [0.29, 0.717) is 25.0 Å². The first kappa shape index (κ1) is 15.0. The maximum Gasteiger partial charge on any atom is 0.236 e. The third kappa shape index (κ3) is 5.10. The molecule has 0 radical (unpaired) electrons. The van der Waals surface area contributed by atoms with Crippen molar-refractivity contribution in [2.45, 2.75) is 52.0 Å². The van der Waals surface area contributed by atoms with E-state index in [1.54, 1.807) is 0 Å². The van der Waals surface area contributed by atoms with Gasteiger partial charge in [-0.2, -0.15) is 0 Å². The summed E-state index contributed by atoms with van der Waals surface area (Å²) in [6.07, 6.45) is 11.1. The van der Waals surface area contributed by atoms with Gasteiger partial charge in [-0.3, -0.25) is 10.1 Å². The lowest BCUT2D eigenvalue weighted by Gasteiger charge is -2.30. The first-order valence-electron chi connectivity index (χ1n) is 7.08. The van der Waals surface area contributed by atoms with E-state index in [1.807, 2.05) is 0 Å². The van der Waals surface area contributed by atoms with Crippen molar-refractivity contribution in [3.05, 3.63) is 0 Å². The van der Waals surface area contributed by atoms with E-state index in [1.165, 1.54) is 25.7 Å². The maximum atomic E-state index is 12.2. The molecule has 0 aromatic heterocycles. The minimum Gasteiger partial charge on any atom is -0.339 e. The van der Waals surface area contributed by atoms with Crippen molar-refractivity contribution in [2.24, 2.45) is 5.92 Å². The minimum absolute atomic E-state index is 0.206. The summed E-state index contributed by atoms with van der Waals surface area (Å²) >= 11 is 0. The molecule has 0 aromatic carbocycles. The molecule has 3 nitrogen and oxygen atoms in total. The van der Waals surface area contributed by atoms with E-state index in [2.05, 4.69) is 30.0 Å². The molecule has 18 heavy (non-hydrogen) atoms. The van der Waals surface area contributed by atoms with Gasteiger partial charge in [-0.05, 0) is 25.2 Å². The molecule has 0 saturated heterocycles. The fourth-order valence-corrected chi connectivity index (χ4v) is 2.47. The van der Waals surface area contributed by atoms with Crippen LogP contribution in [0, 0.1) is 18.3 Å². The fourth-order valence-electron chi connectivity index (χ4n) is 2.47. The Balaban J connectivity index is 2.47. The van der Waals surface area contributed by atoms with Crippen molar-refractivity contribution >= 4 is 5.91 Å². The Bertz CT molecular complexity index is 287. The summed E-state index contributed by atoms with van der Waals surface area (Å²) in [5.74, 6) is 3.35. The highest BCUT2D eigenvalue weighted by atomic mass is 16.2. The topological polar surface area (TPSA) is 32.3 Å². The van der Waals surface area contributed by atoms with Crippen molar-refractivity contribution in [2.75, 3.05) is 19.6 Å². The first-order chi connectivity index (χ1) is 8.65. The number of hydrogen-bond donors (Lipinski definition) is 1. The number of nitrogens with zero attached hydrogens (tertiary/aromatic N) is 1. The van der Waals surface area contributed by atoms with Gasteiger partial charge in [0, 0.05) is 12.6 Å². The van der Waals surface area contributed by atoms with Gasteiger partial charge in [-0.15, -0.1) is 6.42 Å². The highest BCUT2D eigenvalue weighted by Gasteiger charge is 2.25. The third-order valence-electron chi connectivity index (χ3n) is 3.54. The highest BCUT2D eigenvalue weighted by molar-refractivity contribution is 5.78. The molecule has 1 aliphatic rings. The zero-order valence-corrected chi connectivity index (χ0v) is 11.7. The van der Waals surface area contributed by atoms with Gasteiger partial charge >= 0.3 is 0 Å². The maximum absolute atomic E-state index is 12.2. The second kappa shape index (κ2) is 8.16. The molecule has 1 rings (SSSR count). The summed E-state index contributed by atoms with van der Waals surface area (Å²) in [5, 5.41) is 3.00. The van der Waals surface area contributed by atoms with Crippen molar-refractivity contribution in [1.29, 1.82) is 0 Å². The van der Waals surface area contributed by atoms with Gasteiger partial charge in [0.15, 0.2) is 0 Å². The Hall–Kier alpha value is -1.01. The largest absolute Gasteiger partial charge is 0.339 e. The summed E-state index contributed by atoms with van der Waals surface area (Å²) < 4.78 is 0. The van der Waals surface area contributed by atoms with Crippen LogP contribution in [0.3, 0.4) is 0 Å². The lowest BCUT2D eigenvalue weighted by molar-refractivity contribution is -0.132. The third-order valence-corrected chi connectivity index (χ3v) is 3.54. The van der Waals surface area contributed by atoms with E-state index >= 15 is 0 Å². The molecule has 1 aliphatic carbocycles. The smallest absolute Gasteiger partial charge is 0.236 e. The predicted octanol–water partition coefficient (Wildman–Crippen LogP) is 2.03. The van der Waals surface area contributed by atoms with Crippen molar-refractivity contribution < 1.29 is 4.79 Å². The van der Waals surface area contributed by atoms with E-state index in [0.717, 1.165) is 13.0 Å². The molecule has 0 aliphatic heterocycles. The van der Waals surface area contributed by atoms with Crippen molar-refractivity contribution in [3.8, 4) is 12.3 Å². The fraction of sp³-hybridized carbons (Fsp3) is 0.800. The highest BCUT2D eigenvalue weighted by Crippen LogP contribution is 2.24. The molecule has 0 aromatic rings. The van der Waals surface area contributed by atoms with E-state index in [4.69, 9.17) is 6.42 Å². The SMILES string of the molecule is C#CCNCC(=O)N(CCC(C)C)C1CCCC1. The van der Waals surface area contributed by atoms with Gasteiger partial charge in [-0.25, -0.2) is 0 Å². The van der Waals surface area contributed by atoms with Crippen molar-refractivity contribution in [3.63, 3.8) is 0 Å². The van der Waals surface area contributed by atoms with E-state index < -0.39 is 0 Å². The zero-order chi connectivity index (χ0) is 13.4. The van der Waals surface area contributed by atoms with Crippen LogP contribution in [0.25, 0.3) is 0 Å². The standard InChI is InChI=1S/C15H26N2O/c1-4-10-16-12-15(18)17(11-9-13(2)3)14-7-5-6-8-14/h1,13-14,16H,5-12H2,2-3H3. The van der Waals surface area contributed by atoms with Crippen LogP contribution in [-0.2, 0) is 4.79 Å². The number of nitrogens with one attached hydrogen (secondary N) is 1. The van der Waals surface area contributed by atoms with Crippen LogP contribution in [-0.4, -0.2) is 36.5 Å². The Labute approximate surface area is 111 Å². The predicted molar refractivity (Wildman–Crippen MR) is 75.1 cm³/mol. The number of carbonyl (C=O) groups excluding carboxylic acids is 1. The number of carbonyl (C=O) groups is 1. The molecule has 0 spiro atoms. The normalized spacial score (nSPS) is 15.9. The van der Waals surface area contributed by atoms with Gasteiger partial charge in [0.1, 0.15) is 0 Å². The summed E-state index contributed by atoms with van der Waals surface area (Å²) in [6.45, 7) is 6.13. The average Bonchev–Trinajstić information content (AvgIpc) is 2.83. The zero-order valence-electron chi connectivity index (χ0n) is 11.7. The lowest BCUT2D eigenvalue weighted by Crippen LogP contribution is -2.44. The molecule has 0 atom stereocenters. The summed E-state index contributed by atoms with van der Waals surface area (Å²) in [6, 6.07) is 0.462. The number of terminal acetylenes is 1. The molecule has 3 heteroatoms. The van der Waals surface area contributed by atoms with Gasteiger partial charge < -0.3 is 4.90 Å². The molecule has 0 heterocycles. The monoisotopic (exact) mass is 250 g/mol. The van der Waals surface area contributed by atoms with Gasteiger partial charge in [0.25, 0.3) is 0 Å². The molecule has 1 saturated carbocycles. The van der Waals surface area contributed by atoms with Crippen LogP contribution >= 0.6 is 0 Å². The first-order valence-corrected chi connectivity index (χ1v) is 7.08. The second-order valence-electron chi connectivity index (χ2n) is 5.52. The quantitative estimate of drug-likeness (QED) is 0.554. The van der Waals surface area contributed by atoms with Crippen LogP contribution in [0.4, 0.5) is 0 Å². The molecule has 0 unspecified atom stereocenters. The lowest BCUT2D eigenvalue weighted by atomic mass is 10.1. The minimum atomic E-state index is 0.206. The molecular formula is C15H26N2O. The number of amides is 1. The van der Waals surface area contributed by atoms with Gasteiger partial charge in [-0.1, -0.05) is 32.6 Å². The van der Waals surface area contributed by atoms with Crippen LogP contribution in [0.5, 0.6) is 0 Å². The van der Waals surface area contributed by atoms with E-state index in [9.17, 15) is 4.79 Å². The molecule has 1 amide bonds. The van der Waals surface area contributed by atoms with Gasteiger partial charge in [0.2, 0.25) is 5.91 Å². The number of hydrogen-bond acceptors (Lipinski definition) is 2. The second-order valence-corrected chi connectivity index (χ2v) is 5.52. The van der Waals surface area contributed by atoms with E-state index in [-0.39, 0.29) is 5.91 Å². The summed E-state index contributed by atoms with van der Waals surface area (Å²) in [4.78, 5) is 14.3. The van der Waals surface area contributed by atoms with Gasteiger partial charge in [0.05, 0.1) is 13.1 Å². The Morgan fingerprint density at radius 1 is 1.44 bits per heavy atom. The Morgan fingerprint density at radius 2 is 2.11 bits per heavy atom. The summed E-state index contributed by atoms with van der Waals surface area (Å²) in [7, 11) is 0. The van der Waals surface area contributed by atoms with Crippen LogP contribution in [0.1, 0.15) is 46.0 Å². The molecule has 1 fully saturated rings. The number of rotatable bonds is 7. The van der Waals surface area contributed by atoms with Crippen LogP contribution in [0.2, 0.25) is 0 Å². The Morgan fingerprint density at radius 3 is 2.67 bits per heavy atom. The summed E-state index contributed by atoms with van der Waals surface area (Å²) in [5.41, 5.74) is 0. The molecule has 0 bridgehead atoms. The average molecular weight is 250 g/mol.